The maximum Gasteiger partial charge on any atom is 0.349 e. The maximum absolute atomic E-state index is 14.2. The van der Waals surface area contributed by atoms with Crippen molar-refractivity contribution in [1.82, 2.24) is 5.32 Å². The van der Waals surface area contributed by atoms with E-state index in [-0.39, 0.29) is 30.2 Å². The molecule has 0 bridgehead atoms. The standard InChI is InChI=1S/C39H45N3O10S2/c1-24(43)40-34-31(44)21-39(37(46)49-22-25-11-7-6-8-12-25,52-36(34)35(45)32-23-50-38(2,3)51-32)53-27-19-17-26(18-20-27)41-54(47,48)33-16-10-13-28-29(33)14-9-15-30(28)42(4)5/h6-20,31-32,34-36,41,44-45H,21-23H2,1-5H3,(H,40,43)/t31-,32+,34+,35+,36+,39-/m0/s1. The Morgan fingerprint density at radius 3 is 2.30 bits per heavy atom. The van der Waals surface area contributed by atoms with Gasteiger partial charge < -0.3 is 39.4 Å². The van der Waals surface area contributed by atoms with Crippen molar-refractivity contribution in [2.75, 3.05) is 30.3 Å². The summed E-state index contributed by atoms with van der Waals surface area (Å²) in [5, 5.41) is 27.2. The van der Waals surface area contributed by atoms with Crippen LogP contribution < -0.4 is 14.9 Å². The van der Waals surface area contributed by atoms with E-state index < -0.39 is 63.1 Å². The second-order valence-electron chi connectivity index (χ2n) is 14.0. The number of carbonyl (C=O) groups excluding carboxylic acids is 2. The van der Waals surface area contributed by atoms with Gasteiger partial charge >= 0.3 is 5.97 Å². The van der Waals surface area contributed by atoms with Gasteiger partial charge in [0.1, 0.15) is 24.9 Å². The first-order valence-electron chi connectivity index (χ1n) is 17.4. The quantitative estimate of drug-likeness (QED) is 0.150. The van der Waals surface area contributed by atoms with Crippen molar-refractivity contribution in [2.45, 2.75) is 84.8 Å². The predicted octanol–water partition coefficient (Wildman–Crippen LogP) is 4.41. The van der Waals surface area contributed by atoms with Crippen LogP contribution in [0.3, 0.4) is 0 Å². The molecule has 2 heterocycles. The summed E-state index contributed by atoms with van der Waals surface area (Å²) in [6, 6.07) is 24.9. The molecule has 2 aliphatic heterocycles. The van der Waals surface area contributed by atoms with E-state index in [4.69, 9.17) is 18.9 Å². The Bertz CT molecular complexity index is 2080. The molecule has 2 fully saturated rings. The molecule has 1 amide bonds. The molecule has 6 atom stereocenters. The van der Waals surface area contributed by atoms with E-state index in [0.717, 1.165) is 28.4 Å². The lowest BCUT2D eigenvalue weighted by atomic mass is 9.89. The van der Waals surface area contributed by atoms with Crippen LogP contribution in [0.5, 0.6) is 0 Å². The van der Waals surface area contributed by atoms with Gasteiger partial charge in [0.15, 0.2) is 5.79 Å². The highest BCUT2D eigenvalue weighted by Gasteiger charge is 2.57. The molecule has 4 N–H and O–H groups in total. The average Bonchev–Trinajstić information content (AvgIpc) is 3.50. The minimum absolute atomic E-state index is 0.00245. The molecule has 0 saturated carbocycles. The second kappa shape index (κ2) is 15.9. The van der Waals surface area contributed by atoms with Crippen LogP contribution in [-0.4, -0.2) is 92.4 Å². The summed E-state index contributed by atoms with van der Waals surface area (Å²) in [6.07, 6.45) is -5.37. The van der Waals surface area contributed by atoms with Crippen LogP contribution in [0.15, 0.2) is 101 Å². The highest BCUT2D eigenvalue weighted by molar-refractivity contribution is 8.01. The zero-order valence-electron chi connectivity index (χ0n) is 30.6. The van der Waals surface area contributed by atoms with E-state index in [2.05, 4.69) is 10.0 Å². The highest BCUT2D eigenvalue weighted by atomic mass is 32.2. The molecule has 4 aromatic carbocycles. The molecule has 0 radical (unpaired) electrons. The lowest BCUT2D eigenvalue weighted by molar-refractivity contribution is -0.215. The number of aliphatic hydroxyl groups excluding tert-OH is 2. The molecule has 0 unspecified atom stereocenters. The molecule has 288 valence electrons. The zero-order chi connectivity index (χ0) is 38.8. The van der Waals surface area contributed by atoms with Gasteiger partial charge in [-0.3, -0.25) is 9.52 Å². The third-order valence-electron chi connectivity index (χ3n) is 9.23. The number of hydrogen-bond donors (Lipinski definition) is 4. The van der Waals surface area contributed by atoms with Gasteiger partial charge in [0, 0.05) is 54.5 Å². The number of ether oxygens (including phenoxy) is 4. The molecule has 54 heavy (non-hydrogen) atoms. The number of amides is 1. The van der Waals surface area contributed by atoms with Gasteiger partial charge in [-0.1, -0.05) is 66.4 Å². The van der Waals surface area contributed by atoms with Crippen LogP contribution in [-0.2, 0) is 45.2 Å². The molecule has 4 aromatic rings. The Labute approximate surface area is 319 Å². The van der Waals surface area contributed by atoms with Crippen LogP contribution in [0.4, 0.5) is 11.4 Å². The van der Waals surface area contributed by atoms with Crippen molar-refractivity contribution in [3.05, 3.63) is 96.6 Å². The normalized spacial score (nSPS) is 24.4. The van der Waals surface area contributed by atoms with Crippen molar-refractivity contribution >= 4 is 55.8 Å². The van der Waals surface area contributed by atoms with E-state index in [0.29, 0.717) is 10.3 Å². The first-order valence-corrected chi connectivity index (χ1v) is 19.7. The van der Waals surface area contributed by atoms with Crippen LogP contribution in [0.1, 0.15) is 32.8 Å². The summed E-state index contributed by atoms with van der Waals surface area (Å²) >= 11 is 0.938. The Morgan fingerprint density at radius 1 is 0.963 bits per heavy atom. The van der Waals surface area contributed by atoms with E-state index in [1.807, 2.05) is 43.3 Å². The number of benzene rings is 4. The predicted molar refractivity (Wildman–Crippen MR) is 204 cm³/mol. The van der Waals surface area contributed by atoms with E-state index in [1.54, 1.807) is 80.6 Å². The van der Waals surface area contributed by atoms with Crippen molar-refractivity contribution in [3.63, 3.8) is 0 Å². The Hall–Kier alpha value is -4.22. The van der Waals surface area contributed by atoms with Crippen molar-refractivity contribution in [2.24, 2.45) is 0 Å². The molecule has 0 aliphatic carbocycles. The number of sulfonamides is 1. The first kappa shape index (κ1) is 39.5. The molecule has 0 aromatic heterocycles. The molecular formula is C39H45N3O10S2. The Morgan fingerprint density at radius 2 is 1.65 bits per heavy atom. The van der Waals surface area contributed by atoms with Crippen molar-refractivity contribution < 1.29 is 47.2 Å². The number of nitrogens with zero attached hydrogens (tertiary/aromatic N) is 1. The lowest BCUT2D eigenvalue weighted by Gasteiger charge is -2.47. The molecule has 0 spiro atoms. The van der Waals surface area contributed by atoms with E-state index in [1.165, 1.54) is 6.92 Å². The molecule has 15 heteroatoms. The lowest BCUT2D eigenvalue weighted by Crippen LogP contribution is -2.66. The van der Waals surface area contributed by atoms with Gasteiger partial charge in [0.2, 0.25) is 10.8 Å². The molecule has 2 saturated heterocycles. The van der Waals surface area contributed by atoms with Gasteiger partial charge in [-0.25, -0.2) is 13.2 Å². The minimum atomic E-state index is -4.03. The third kappa shape index (κ3) is 8.68. The van der Waals surface area contributed by atoms with Gasteiger partial charge in [-0.2, -0.15) is 0 Å². The second-order valence-corrected chi connectivity index (χ2v) is 17.0. The summed E-state index contributed by atoms with van der Waals surface area (Å²) in [7, 11) is -0.246. The fourth-order valence-corrected chi connectivity index (χ4v) is 9.20. The molecular weight excluding hydrogens is 735 g/mol. The molecule has 2 aliphatic rings. The van der Waals surface area contributed by atoms with Gasteiger partial charge in [0.25, 0.3) is 10.0 Å². The Kier molecular flexibility index (Phi) is 11.6. The largest absolute Gasteiger partial charge is 0.458 e. The van der Waals surface area contributed by atoms with Crippen molar-refractivity contribution in [3.8, 4) is 0 Å². The summed E-state index contributed by atoms with van der Waals surface area (Å²) in [4.78, 5) is 27.0. The van der Waals surface area contributed by atoms with Crippen LogP contribution in [0, 0.1) is 0 Å². The zero-order valence-corrected chi connectivity index (χ0v) is 32.2. The molecule has 13 nitrogen and oxygen atoms in total. The SMILES string of the molecule is CC(=O)N[C@H]1[C@H]([C@H](O)[C@H]2COC(C)(C)O2)O[C@@](Sc2ccc(NS(=O)(=O)c3cccc4c(N(C)C)cccc34)cc2)(C(=O)OCc2ccccc2)C[C@@H]1O. The average molecular weight is 780 g/mol. The fourth-order valence-electron chi connectivity index (χ4n) is 6.71. The van der Waals surface area contributed by atoms with E-state index >= 15 is 0 Å². The number of hydrogen-bond acceptors (Lipinski definition) is 12. The van der Waals surface area contributed by atoms with Gasteiger partial charge in [-0.05, 0) is 55.8 Å². The third-order valence-corrected chi connectivity index (χ3v) is 11.9. The summed E-state index contributed by atoms with van der Waals surface area (Å²) in [6.45, 7) is 4.56. The number of thioether (sulfide) groups is 1. The topological polar surface area (TPSA) is 173 Å². The number of esters is 1. The monoisotopic (exact) mass is 779 g/mol. The summed E-state index contributed by atoms with van der Waals surface area (Å²) < 4.78 is 53.9. The first-order chi connectivity index (χ1) is 25.6. The fraction of sp³-hybridized carbons (Fsp3) is 0.385. The number of nitrogens with one attached hydrogen (secondary N) is 2. The number of rotatable bonds is 12. The number of aliphatic hydroxyl groups is 2. The maximum atomic E-state index is 14.2. The van der Waals surface area contributed by atoms with E-state index in [9.17, 15) is 28.2 Å². The highest BCUT2D eigenvalue weighted by Crippen LogP contribution is 2.46. The van der Waals surface area contributed by atoms with Crippen LogP contribution in [0.2, 0.25) is 0 Å². The smallest absolute Gasteiger partial charge is 0.349 e. The van der Waals surface area contributed by atoms with Crippen LogP contribution >= 0.6 is 11.8 Å². The van der Waals surface area contributed by atoms with Crippen LogP contribution in [0.25, 0.3) is 10.8 Å². The summed E-state index contributed by atoms with van der Waals surface area (Å²) in [5.41, 5.74) is 1.86. The molecule has 6 rings (SSSR count). The van der Waals surface area contributed by atoms with Gasteiger partial charge in [0.05, 0.1) is 23.6 Å². The summed E-state index contributed by atoms with van der Waals surface area (Å²) in [5.74, 6) is -2.31. The van der Waals surface area contributed by atoms with Gasteiger partial charge in [-0.15, -0.1) is 0 Å². The number of fused-ring (bicyclic) bond motifs is 1. The minimum Gasteiger partial charge on any atom is -0.458 e. The number of anilines is 2. The van der Waals surface area contributed by atoms with Crippen molar-refractivity contribution in [1.29, 1.82) is 0 Å². The number of carbonyl (C=O) groups is 2. The Balaban J connectivity index is 1.29.